The van der Waals surface area contributed by atoms with E-state index < -0.39 is 17.7 Å². The van der Waals surface area contributed by atoms with E-state index in [1.165, 1.54) is 36.8 Å². The smallest absolute Gasteiger partial charge is 0.337 e. The lowest BCUT2D eigenvalue weighted by Crippen LogP contribution is -2.24. The van der Waals surface area contributed by atoms with Crippen LogP contribution in [0, 0.1) is 5.82 Å². The van der Waals surface area contributed by atoms with Crippen molar-refractivity contribution in [3.8, 4) is 0 Å². The molecule has 0 saturated heterocycles. The Morgan fingerprint density at radius 3 is 2.69 bits per heavy atom. The molecule has 3 heterocycles. The molecule has 0 radical (unpaired) electrons. The molecule has 0 aliphatic heterocycles. The molecular formula is C20H15ClFN7O3. The molecule has 0 unspecified atom stereocenters. The lowest BCUT2D eigenvalue weighted by Gasteiger charge is -2.06. The molecule has 0 saturated carbocycles. The second-order valence-corrected chi connectivity index (χ2v) is 7.05. The maximum Gasteiger partial charge on any atom is 0.337 e. The van der Waals surface area contributed by atoms with Crippen molar-refractivity contribution in [2.45, 2.75) is 13.1 Å². The molecule has 4 aromatic rings. The topological polar surface area (TPSA) is 146 Å². The highest BCUT2D eigenvalue weighted by Crippen LogP contribution is 2.20. The molecule has 4 rings (SSSR count). The standard InChI is InChI=1S/C20H15ClFN7O3/c21-13-5-10(1-4-14(13)22)6-25-19(30)17-15-16(26-9-27-17)18(29-28-15)24-8-12-3-2-11(7-23-12)20(31)32/h1-5,7,9H,6,8H2,(H,25,30)(H,31,32)(H2,24,28,29). The number of carbonyl (C=O) groups excluding carboxylic acids is 1. The van der Waals surface area contributed by atoms with Gasteiger partial charge < -0.3 is 15.7 Å². The van der Waals surface area contributed by atoms with E-state index in [0.717, 1.165) is 0 Å². The average Bonchev–Trinajstić information content (AvgIpc) is 3.21. The van der Waals surface area contributed by atoms with Crippen LogP contribution in [0.4, 0.5) is 10.2 Å². The Morgan fingerprint density at radius 2 is 1.97 bits per heavy atom. The van der Waals surface area contributed by atoms with Gasteiger partial charge in [0.25, 0.3) is 5.91 Å². The third kappa shape index (κ3) is 4.47. The van der Waals surface area contributed by atoms with Crippen LogP contribution in [-0.2, 0) is 13.1 Å². The highest BCUT2D eigenvalue weighted by atomic mass is 35.5. The molecule has 0 aliphatic rings. The van der Waals surface area contributed by atoms with Crippen molar-refractivity contribution in [2.24, 2.45) is 0 Å². The number of halogens is 2. The molecule has 0 bridgehead atoms. The molecule has 32 heavy (non-hydrogen) atoms. The Balaban J connectivity index is 1.46. The number of amides is 1. The van der Waals surface area contributed by atoms with Gasteiger partial charge in [-0.2, -0.15) is 5.10 Å². The maximum atomic E-state index is 13.3. The van der Waals surface area contributed by atoms with Gasteiger partial charge in [-0.05, 0) is 29.8 Å². The summed E-state index contributed by atoms with van der Waals surface area (Å²) in [6, 6.07) is 7.21. The number of pyridine rings is 1. The molecule has 3 aromatic heterocycles. The summed E-state index contributed by atoms with van der Waals surface area (Å²) in [5.74, 6) is -1.69. The van der Waals surface area contributed by atoms with E-state index in [4.69, 9.17) is 16.7 Å². The summed E-state index contributed by atoms with van der Waals surface area (Å²) in [5.41, 5.74) is 2.13. The van der Waals surface area contributed by atoms with E-state index in [9.17, 15) is 14.0 Å². The lowest BCUT2D eigenvalue weighted by molar-refractivity contribution is 0.0696. The van der Waals surface area contributed by atoms with Crippen LogP contribution in [-0.4, -0.2) is 42.1 Å². The van der Waals surface area contributed by atoms with Crippen LogP contribution >= 0.6 is 11.6 Å². The highest BCUT2D eigenvalue weighted by molar-refractivity contribution is 6.30. The second kappa shape index (κ2) is 8.94. The van der Waals surface area contributed by atoms with Gasteiger partial charge in [0.2, 0.25) is 0 Å². The number of aromatic amines is 1. The first-order valence-electron chi connectivity index (χ1n) is 9.25. The molecule has 12 heteroatoms. The van der Waals surface area contributed by atoms with Crippen molar-refractivity contribution < 1.29 is 19.1 Å². The van der Waals surface area contributed by atoms with Gasteiger partial charge in [-0.3, -0.25) is 14.9 Å². The number of nitrogens with zero attached hydrogens (tertiary/aromatic N) is 4. The Morgan fingerprint density at radius 1 is 1.12 bits per heavy atom. The van der Waals surface area contributed by atoms with Crippen molar-refractivity contribution in [2.75, 3.05) is 5.32 Å². The van der Waals surface area contributed by atoms with Crippen molar-refractivity contribution in [3.05, 3.63) is 76.2 Å². The number of carbonyl (C=O) groups is 2. The van der Waals surface area contributed by atoms with Crippen LogP contribution in [0.2, 0.25) is 5.02 Å². The number of benzene rings is 1. The zero-order chi connectivity index (χ0) is 22.7. The predicted molar refractivity (Wildman–Crippen MR) is 113 cm³/mol. The zero-order valence-electron chi connectivity index (χ0n) is 16.3. The van der Waals surface area contributed by atoms with Gasteiger partial charge in [0.15, 0.2) is 11.5 Å². The predicted octanol–water partition coefficient (Wildman–Crippen LogP) is 2.78. The number of aromatic carboxylic acids is 1. The van der Waals surface area contributed by atoms with Crippen molar-refractivity contribution in [3.63, 3.8) is 0 Å². The van der Waals surface area contributed by atoms with E-state index in [2.05, 4.69) is 35.8 Å². The van der Waals surface area contributed by atoms with Crippen molar-refractivity contribution in [1.82, 2.24) is 30.5 Å². The van der Waals surface area contributed by atoms with Crippen molar-refractivity contribution in [1.29, 1.82) is 0 Å². The summed E-state index contributed by atoms with van der Waals surface area (Å²) in [6.07, 6.45) is 2.51. The molecule has 4 N–H and O–H groups in total. The molecule has 10 nitrogen and oxygen atoms in total. The van der Waals surface area contributed by atoms with Crippen LogP contribution in [0.25, 0.3) is 11.0 Å². The quantitative estimate of drug-likeness (QED) is 0.333. The molecular weight excluding hydrogens is 441 g/mol. The summed E-state index contributed by atoms with van der Waals surface area (Å²) in [4.78, 5) is 35.8. The van der Waals surface area contributed by atoms with E-state index in [1.807, 2.05) is 0 Å². The first-order valence-corrected chi connectivity index (χ1v) is 9.63. The van der Waals surface area contributed by atoms with Crippen LogP contribution in [0.1, 0.15) is 32.1 Å². The minimum atomic E-state index is -1.06. The summed E-state index contributed by atoms with van der Waals surface area (Å²) >= 11 is 5.76. The van der Waals surface area contributed by atoms with Crippen LogP contribution in [0.5, 0.6) is 0 Å². The number of H-pyrrole nitrogens is 1. The Hall–Kier alpha value is -4.12. The minimum absolute atomic E-state index is 0.0300. The summed E-state index contributed by atoms with van der Waals surface area (Å²) in [5, 5.41) is 21.5. The van der Waals surface area contributed by atoms with Gasteiger partial charge in [0, 0.05) is 12.7 Å². The monoisotopic (exact) mass is 455 g/mol. The van der Waals surface area contributed by atoms with Gasteiger partial charge in [0.05, 0.1) is 22.8 Å². The fraction of sp³-hybridized carbons (Fsp3) is 0.100. The minimum Gasteiger partial charge on any atom is -0.478 e. The fourth-order valence-electron chi connectivity index (χ4n) is 2.88. The third-order valence-corrected chi connectivity index (χ3v) is 4.80. The summed E-state index contributed by atoms with van der Waals surface area (Å²) in [6.45, 7) is 0.387. The van der Waals surface area contributed by atoms with Gasteiger partial charge >= 0.3 is 5.97 Å². The van der Waals surface area contributed by atoms with E-state index in [-0.39, 0.29) is 29.4 Å². The fourth-order valence-corrected chi connectivity index (χ4v) is 3.08. The third-order valence-electron chi connectivity index (χ3n) is 4.51. The summed E-state index contributed by atoms with van der Waals surface area (Å²) in [7, 11) is 0. The van der Waals surface area contributed by atoms with Crippen LogP contribution in [0.3, 0.4) is 0 Å². The van der Waals surface area contributed by atoms with E-state index in [0.29, 0.717) is 28.1 Å². The number of hydrogen-bond acceptors (Lipinski definition) is 7. The molecule has 0 aliphatic carbocycles. The number of anilines is 1. The first-order chi connectivity index (χ1) is 15.4. The number of carboxylic acid groups (broad SMARTS) is 1. The van der Waals surface area contributed by atoms with Gasteiger partial charge in [-0.15, -0.1) is 0 Å². The number of fused-ring (bicyclic) bond motifs is 1. The van der Waals surface area contributed by atoms with Gasteiger partial charge in [-0.1, -0.05) is 17.7 Å². The maximum absolute atomic E-state index is 13.3. The first kappa shape index (κ1) is 21.1. The Kier molecular flexibility index (Phi) is 5.90. The highest BCUT2D eigenvalue weighted by Gasteiger charge is 2.17. The summed E-state index contributed by atoms with van der Waals surface area (Å²) < 4.78 is 13.3. The molecule has 0 fully saturated rings. The van der Waals surface area contributed by atoms with Gasteiger partial charge in [0.1, 0.15) is 23.2 Å². The van der Waals surface area contributed by atoms with Crippen LogP contribution in [0.15, 0.2) is 42.9 Å². The van der Waals surface area contributed by atoms with Crippen LogP contribution < -0.4 is 10.6 Å². The van der Waals surface area contributed by atoms with E-state index >= 15 is 0 Å². The number of hydrogen-bond donors (Lipinski definition) is 4. The number of nitrogens with one attached hydrogen (secondary N) is 3. The second-order valence-electron chi connectivity index (χ2n) is 6.65. The normalized spacial score (nSPS) is 10.8. The van der Waals surface area contributed by atoms with Crippen molar-refractivity contribution >= 4 is 40.3 Å². The molecule has 1 aromatic carbocycles. The van der Waals surface area contributed by atoms with Gasteiger partial charge in [-0.25, -0.2) is 19.2 Å². The average molecular weight is 456 g/mol. The number of carboxylic acids is 1. The Labute approximate surface area is 184 Å². The molecule has 162 valence electrons. The lowest BCUT2D eigenvalue weighted by atomic mass is 10.2. The molecule has 0 spiro atoms. The number of aromatic nitrogens is 5. The largest absolute Gasteiger partial charge is 0.478 e. The molecule has 1 amide bonds. The molecule has 0 atom stereocenters. The number of rotatable bonds is 7. The zero-order valence-corrected chi connectivity index (χ0v) is 17.0. The SMILES string of the molecule is O=C(O)c1ccc(CNc2n[nH]c3c(C(=O)NCc4ccc(F)c(Cl)c4)ncnc23)nc1. The Bertz CT molecular complexity index is 1310. The van der Waals surface area contributed by atoms with E-state index in [1.54, 1.807) is 6.07 Å².